The Hall–Kier alpha value is -2.53. The number of pyridine rings is 1. The van der Waals surface area contributed by atoms with E-state index in [9.17, 15) is 9.18 Å². The Morgan fingerprint density at radius 3 is 2.59 bits per heavy atom. The molecule has 0 N–H and O–H groups in total. The summed E-state index contributed by atoms with van der Waals surface area (Å²) in [5, 5.41) is 1.94. The molecule has 5 heteroatoms. The van der Waals surface area contributed by atoms with Gasteiger partial charge in [-0.2, -0.15) is 0 Å². The van der Waals surface area contributed by atoms with Gasteiger partial charge in [-0.15, -0.1) is 11.3 Å². The van der Waals surface area contributed by atoms with Crippen molar-refractivity contribution in [3.63, 3.8) is 0 Å². The molecule has 2 aromatic heterocycles. The lowest BCUT2D eigenvalue weighted by atomic mass is 10.2. The van der Waals surface area contributed by atoms with Gasteiger partial charge in [-0.25, -0.2) is 9.37 Å². The van der Waals surface area contributed by atoms with Crippen LogP contribution in [0.15, 0.2) is 66.2 Å². The molecule has 22 heavy (non-hydrogen) atoms. The zero-order chi connectivity index (χ0) is 15.4. The van der Waals surface area contributed by atoms with Crippen molar-refractivity contribution in [3.05, 3.63) is 82.4 Å². The summed E-state index contributed by atoms with van der Waals surface area (Å²) >= 11 is 1.55. The van der Waals surface area contributed by atoms with E-state index < -0.39 is 11.7 Å². The number of anilines is 1. The summed E-state index contributed by atoms with van der Waals surface area (Å²) < 4.78 is 13.9. The first-order valence-electron chi connectivity index (χ1n) is 6.75. The van der Waals surface area contributed by atoms with Gasteiger partial charge < -0.3 is 0 Å². The predicted molar refractivity (Wildman–Crippen MR) is 85.5 cm³/mol. The number of hydrogen-bond acceptors (Lipinski definition) is 3. The molecule has 110 valence electrons. The van der Waals surface area contributed by atoms with Crippen molar-refractivity contribution in [1.82, 2.24) is 4.98 Å². The predicted octanol–water partition coefficient (Wildman–Crippen LogP) is 4.13. The number of amides is 1. The van der Waals surface area contributed by atoms with Crippen LogP contribution in [0.2, 0.25) is 0 Å². The third-order valence-corrected chi connectivity index (χ3v) is 4.03. The number of aromatic nitrogens is 1. The maximum atomic E-state index is 13.9. The van der Waals surface area contributed by atoms with Crippen molar-refractivity contribution in [2.24, 2.45) is 0 Å². The number of halogens is 1. The van der Waals surface area contributed by atoms with Gasteiger partial charge in [-0.05, 0) is 35.7 Å². The third kappa shape index (κ3) is 3.04. The van der Waals surface area contributed by atoms with E-state index in [1.807, 2.05) is 17.5 Å². The van der Waals surface area contributed by atoms with E-state index in [0.29, 0.717) is 12.4 Å². The summed E-state index contributed by atoms with van der Waals surface area (Å²) in [7, 11) is 0. The zero-order valence-corrected chi connectivity index (χ0v) is 12.5. The molecule has 3 aromatic rings. The molecule has 3 nitrogen and oxygen atoms in total. The lowest BCUT2D eigenvalue weighted by molar-refractivity contribution is 0.0980. The number of thiophene rings is 1. The van der Waals surface area contributed by atoms with E-state index >= 15 is 0 Å². The highest BCUT2D eigenvalue weighted by Gasteiger charge is 2.21. The highest BCUT2D eigenvalue weighted by Crippen LogP contribution is 2.21. The molecule has 0 saturated carbocycles. The van der Waals surface area contributed by atoms with Gasteiger partial charge in [0.15, 0.2) is 0 Å². The molecular formula is C17H13FN2OS. The summed E-state index contributed by atoms with van der Waals surface area (Å²) in [4.78, 5) is 19.5. The Morgan fingerprint density at radius 2 is 1.91 bits per heavy atom. The molecule has 0 unspecified atom stereocenters. The molecule has 2 heterocycles. The second kappa shape index (κ2) is 6.49. The fraction of sp³-hybridized carbons (Fsp3) is 0.0588. The second-order valence-corrected chi connectivity index (χ2v) is 5.67. The van der Waals surface area contributed by atoms with Crippen LogP contribution in [0, 0.1) is 5.82 Å². The fourth-order valence-corrected chi connectivity index (χ4v) is 2.80. The molecule has 1 amide bonds. The minimum absolute atomic E-state index is 0.0460. The minimum Gasteiger partial charge on any atom is -0.287 e. The normalized spacial score (nSPS) is 10.4. The Balaban J connectivity index is 1.98. The third-order valence-electron chi connectivity index (χ3n) is 3.17. The molecule has 0 spiro atoms. The van der Waals surface area contributed by atoms with Gasteiger partial charge in [0.1, 0.15) is 11.6 Å². The average molecular weight is 312 g/mol. The fourth-order valence-electron chi connectivity index (χ4n) is 2.11. The minimum atomic E-state index is -0.528. The van der Waals surface area contributed by atoms with Crippen LogP contribution >= 0.6 is 11.3 Å². The molecule has 0 fully saturated rings. The van der Waals surface area contributed by atoms with Crippen LogP contribution in [0.5, 0.6) is 0 Å². The lowest BCUT2D eigenvalue weighted by Crippen LogP contribution is -2.31. The van der Waals surface area contributed by atoms with E-state index in [1.54, 1.807) is 47.9 Å². The van der Waals surface area contributed by atoms with Crippen molar-refractivity contribution >= 4 is 23.1 Å². The summed E-state index contributed by atoms with van der Waals surface area (Å²) in [5.74, 6) is -0.422. The Bertz CT molecular complexity index is 759. The number of carbonyl (C=O) groups is 1. The van der Waals surface area contributed by atoms with Crippen LogP contribution in [0.4, 0.5) is 10.2 Å². The second-order valence-electron chi connectivity index (χ2n) is 4.64. The van der Waals surface area contributed by atoms with E-state index in [0.717, 1.165) is 4.88 Å². The Labute approximate surface area is 131 Å². The molecule has 1 aromatic carbocycles. The zero-order valence-electron chi connectivity index (χ0n) is 11.6. The summed E-state index contributed by atoms with van der Waals surface area (Å²) in [6.45, 7) is 0.363. The van der Waals surface area contributed by atoms with Gasteiger partial charge in [0.05, 0.1) is 12.1 Å². The van der Waals surface area contributed by atoms with Crippen molar-refractivity contribution in [2.45, 2.75) is 6.54 Å². The molecule has 0 radical (unpaired) electrons. The number of nitrogens with zero attached hydrogens (tertiary/aromatic N) is 2. The van der Waals surface area contributed by atoms with E-state index in [4.69, 9.17) is 0 Å². The summed E-state index contributed by atoms with van der Waals surface area (Å²) in [6.07, 6.45) is 1.62. The van der Waals surface area contributed by atoms with Gasteiger partial charge in [0, 0.05) is 11.1 Å². The maximum absolute atomic E-state index is 13.9. The number of rotatable bonds is 4. The van der Waals surface area contributed by atoms with Crippen molar-refractivity contribution in [3.8, 4) is 0 Å². The van der Waals surface area contributed by atoms with Crippen LogP contribution in [0.25, 0.3) is 0 Å². The molecule has 0 aliphatic carbocycles. The number of hydrogen-bond donors (Lipinski definition) is 0. The molecule has 0 saturated heterocycles. The van der Waals surface area contributed by atoms with E-state index in [2.05, 4.69) is 4.98 Å². The van der Waals surface area contributed by atoms with Crippen LogP contribution < -0.4 is 4.90 Å². The number of carbonyl (C=O) groups excluding carboxylic acids is 1. The summed E-state index contributed by atoms with van der Waals surface area (Å²) in [5.41, 5.74) is 0.0460. The Kier molecular flexibility index (Phi) is 4.25. The summed E-state index contributed by atoms with van der Waals surface area (Å²) in [6, 6.07) is 15.2. The van der Waals surface area contributed by atoms with Gasteiger partial charge in [-0.3, -0.25) is 9.69 Å². The molecular weight excluding hydrogens is 299 g/mol. The lowest BCUT2D eigenvalue weighted by Gasteiger charge is -2.21. The van der Waals surface area contributed by atoms with Gasteiger partial charge in [-0.1, -0.05) is 24.3 Å². The molecule has 3 rings (SSSR count). The van der Waals surface area contributed by atoms with Crippen LogP contribution in [-0.2, 0) is 6.54 Å². The highest BCUT2D eigenvalue weighted by molar-refractivity contribution is 7.09. The maximum Gasteiger partial charge on any atom is 0.262 e. The first kappa shape index (κ1) is 14.4. The van der Waals surface area contributed by atoms with Crippen LogP contribution in [0.1, 0.15) is 15.2 Å². The van der Waals surface area contributed by atoms with E-state index in [-0.39, 0.29) is 5.56 Å². The van der Waals surface area contributed by atoms with E-state index in [1.165, 1.54) is 17.0 Å². The molecule has 0 aliphatic rings. The average Bonchev–Trinajstić information content (AvgIpc) is 3.06. The largest absolute Gasteiger partial charge is 0.287 e. The molecule has 0 bridgehead atoms. The standard InChI is InChI=1S/C17H13FN2OS/c18-15-8-2-1-7-14(15)17(21)20(12-13-6-5-11-22-13)16-9-3-4-10-19-16/h1-11H,12H2. The van der Waals surface area contributed by atoms with Crippen LogP contribution in [-0.4, -0.2) is 10.9 Å². The smallest absolute Gasteiger partial charge is 0.262 e. The quantitative estimate of drug-likeness (QED) is 0.726. The van der Waals surface area contributed by atoms with Gasteiger partial charge in [0.25, 0.3) is 5.91 Å². The van der Waals surface area contributed by atoms with Crippen molar-refractivity contribution in [2.75, 3.05) is 4.90 Å². The molecule has 0 aliphatic heterocycles. The first-order chi connectivity index (χ1) is 10.8. The highest BCUT2D eigenvalue weighted by atomic mass is 32.1. The monoisotopic (exact) mass is 312 g/mol. The Morgan fingerprint density at radius 1 is 1.09 bits per heavy atom. The topological polar surface area (TPSA) is 33.2 Å². The van der Waals surface area contributed by atoms with Crippen molar-refractivity contribution < 1.29 is 9.18 Å². The van der Waals surface area contributed by atoms with Crippen molar-refractivity contribution in [1.29, 1.82) is 0 Å². The van der Waals surface area contributed by atoms with Gasteiger partial charge >= 0.3 is 0 Å². The SMILES string of the molecule is O=C(c1ccccc1F)N(Cc1cccs1)c1ccccn1. The number of benzene rings is 1. The first-order valence-corrected chi connectivity index (χ1v) is 7.63. The van der Waals surface area contributed by atoms with Gasteiger partial charge in [0.2, 0.25) is 0 Å². The van der Waals surface area contributed by atoms with Crippen LogP contribution in [0.3, 0.4) is 0 Å². The molecule has 0 atom stereocenters.